The van der Waals surface area contributed by atoms with Gasteiger partial charge in [0.05, 0.1) is 19.1 Å². The highest BCUT2D eigenvalue weighted by molar-refractivity contribution is 5.74. The van der Waals surface area contributed by atoms with Crippen LogP contribution in [-0.4, -0.2) is 47.3 Å². The Labute approximate surface area is 188 Å². The van der Waals surface area contributed by atoms with Crippen LogP contribution in [0.3, 0.4) is 0 Å². The van der Waals surface area contributed by atoms with Crippen LogP contribution in [0.1, 0.15) is 41.6 Å². The van der Waals surface area contributed by atoms with Crippen LogP contribution in [0.25, 0.3) is 0 Å². The number of ether oxygens (including phenoxy) is 1. The molecule has 4 rings (SSSR count). The van der Waals surface area contributed by atoms with Crippen molar-refractivity contribution < 1.29 is 14.1 Å². The van der Waals surface area contributed by atoms with E-state index >= 15 is 0 Å². The number of rotatable bonds is 9. The molecule has 2 aromatic carbocycles. The van der Waals surface area contributed by atoms with Crippen LogP contribution in [0, 0.1) is 0 Å². The van der Waals surface area contributed by atoms with Crippen LogP contribution in [0.15, 0.2) is 65.2 Å². The van der Waals surface area contributed by atoms with Gasteiger partial charge in [0.2, 0.25) is 5.89 Å². The largest absolute Gasteiger partial charge is 0.376 e. The third-order valence-corrected chi connectivity index (χ3v) is 5.66. The SMILES string of the molecule is O=C(NCCc1ccccc1)N1CCCC(c2nc(CCOCc3ccccc3)no2)C1. The quantitative estimate of drug-likeness (QED) is 0.516. The number of urea groups is 1. The zero-order valence-electron chi connectivity index (χ0n) is 18.3. The van der Waals surface area contributed by atoms with Crippen LogP contribution in [0.4, 0.5) is 4.79 Å². The number of carbonyl (C=O) groups is 1. The molecule has 1 unspecified atom stereocenters. The maximum absolute atomic E-state index is 12.6. The Balaban J connectivity index is 1.20. The molecule has 7 heteroatoms. The molecule has 2 amide bonds. The molecule has 0 saturated carbocycles. The molecule has 1 saturated heterocycles. The summed E-state index contributed by atoms with van der Waals surface area (Å²) in [6, 6.07) is 20.2. The van der Waals surface area contributed by atoms with Crippen LogP contribution in [0.2, 0.25) is 0 Å². The first-order valence-corrected chi connectivity index (χ1v) is 11.3. The number of nitrogens with zero attached hydrogens (tertiary/aromatic N) is 3. The minimum Gasteiger partial charge on any atom is -0.376 e. The number of likely N-dealkylation sites (tertiary alicyclic amines) is 1. The number of nitrogens with one attached hydrogen (secondary N) is 1. The fourth-order valence-corrected chi connectivity index (χ4v) is 3.90. The second-order valence-corrected chi connectivity index (χ2v) is 8.09. The summed E-state index contributed by atoms with van der Waals surface area (Å²) < 4.78 is 11.2. The van der Waals surface area contributed by atoms with Crippen molar-refractivity contribution in [2.75, 3.05) is 26.2 Å². The smallest absolute Gasteiger partial charge is 0.317 e. The van der Waals surface area contributed by atoms with Gasteiger partial charge in [-0.3, -0.25) is 0 Å². The molecule has 0 radical (unpaired) electrons. The Bertz CT molecular complexity index is 962. The summed E-state index contributed by atoms with van der Waals surface area (Å²) in [5.41, 5.74) is 2.36. The van der Waals surface area contributed by atoms with E-state index in [1.807, 2.05) is 53.4 Å². The van der Waals surface area contributed by atoms with E-state index in [0.717, 1.165) is 31.4 Å². The van der Waals surface area contributed by atoms with Gasteiger partial charge in [0.1, 0.15) is 0 Å². The predicted molar refractivity (Wildman–Crippen MR) is 121 cm³/mol. The normalized spacial score (nSPS) is 16.1. The maximum Gasteiger partial charge on any atom is 0.317 e. The Morgan fingerprint density at radius 1 is 1.06 bits per heavy atom. The van der Waals surface area contributed by atoms with Crippen LogP contribution >= 0.6 is 0 Å². The maximum atomic E-state index is 12.6. The zero-order chi connectivity index (χ0) is 22.0. The van der Waals surface area contributed by atoms with E-state index in [2.05, 4.69) is 27.6 Å². The van der Waals surface area contributed by atoms with Gasteiger partial charge in [-0.05, 0) is 30.4 Å². The summed E-state index contributed by atoms with van der Waals surface area (Å²) >= 11 is 0. The minimum absolute atomic E-state index is 0.0281. The molecule has 32 heavy (non-hydrogen) atoms. The van der Waals surface area contributed by atoms with E-state index in [4.69, 9.17) is 9.26 Å². The first kappa shape index (κ1) is 22.0. The zero-order valence-corrected chi connectivity index (χ0v) is 18.3. The molecule has 0 aliphatic carbocycles. The van der Waals surface area contributed by atoms with E-state index in [1.54, 1.807) is 0 Å². The first-order chi connectivity index (χ1) is 15.8. The van der Waals surface area contributed by atoms with Crippen molar-refractivity contribution in [3.05, 3.63) is 83.5 Å². The van der Waals surface area contributed by atoms with Crippen LogP contribution in [-0.2, 0) is 24.2 Å². The van der Waals surface area contributed by atoms with E-state index in [9.17, 15) is 4.79 Å². The molecule has 7 nitrogen and oxygen atoms in total. The average Bonchev–Trinajstić information content (AvgIpc) is 3.32. The lowest BCUT2D eigenvalue weighted by molar-refractivity contribution is 0.122. The van der Waals surface area contributed by atoms with Crippen molar-refractivity contribution in [2.45, 2.75) is 38.2 Å². The number of piperidine rings is 1. The molecule has 1 fully saturated rings. The van der Waals surface area contributed by atoms with Crippen molar-refractivity contribution in [3.8, 4) is 0 Å². The van der Waals surface area contributed by atoms with Gasteiger partial charge in [-0.25, -0.2) is 4.79 Å². The molecule has 0 bridgehead atoms. The number of carbonyl (C=O) groups excluding carboxylic acids is 1. The summed E-state index contributed by atoms with van der Waals surface area (Å²) in [5.74, 6) is 1.34. The summed E-state index contributed by atoms with van der Waals surface area (Å²) in [4.78, 5) is 19.0. The highest BCUT2D eigenvalue weighted by Crippen LogP contribution is 2.25. The summed E-state index contributed by atoms with van der Waals surface area (Å²) in [5, 5.41) is 7.13. The van der Waals surface area contributed by atoms with Crippen molar-refractivity contribution in [2.24, 2.45) is 0 Å². The molecule has 1 aromatic heterocycles. The van der Waals surface area contributed by atoms with Crippen LogP contribution in [0.5, 0.6) is 0 Å². The van der Waals surface area contributed by atoms with Gasteiger partial charge in [0.25, 0.3) is 0 Å². The van der Waals surface area contributed by atoms with Gasteiger partial charge in [-0.1, -0.05) is 65.8 Å². The van der Waals surface area contributed by atoms with E-state index in [-0.39, 0.29) is 11.9 Å². The molecule has 2 heterocycles. The number of hydrogen-bond donors (Lipinski definition) is 1. The van der Waals surface area contributed by atoms with Crippen molar-refractivity contribution in [1.29, 1.82) is 0 Å². The topological polar surface area (TPSA) is 80.5 Å². The Morgan fingerprint density at radius 3 is 2.59 bits per heavy atom. The van der Waals surface area contributed by atoms with Crippen molar-refractivity contribution in [3.63, 3.8) is 0 Å². The standard InChI is InChI=1S/C25H30N4O3/c30-25(26-15-13-20-8-3-1-4-9-20)29-16-7-12-22(18-29)24-27-23(28-32-24)14-17-31-19-21-10-5-2-6-11-21/h1-6,8-11,22H,7,12-19H2,(H,26,30). The fourth-order valence-electron chi connectivity index (χ4n) is 3.90. The van der Waals surface area contributed by atoms with E-state index in [1.165, 1.54) is 5.56 Å². The fraction of sp³-hybridized carbons (Fsp3) is 0.400. The molecular weight excluding hydrogens is 404 g/mol. The van der Waals surface area contributed by atoms with Gasteiger partial charge in [-0.2, -0.15) is 4.98 Å². The molecule has 1 atom stereocenters. The molecule has 1 aliphatic heterocycles. The molecule has 0 spiro atoms. The van der Waals surface area contributed by atoms with Crippen molar-refractivity contribution in [1.82, 2.24) is 20.4 Å². The average molecular weight is 435 g/mol. The van der Waals surface area contributed by atoms with Gasteiger partial charge >= 0.3 is 6.03 Å². The molecular formula is C25H30N4O3. The third kappa shape index (κ3) is 6.40. The minimum atomic E-state index is -0.0281. The number of aromatic nitrogens is 2. The first-order valence-electron chi connectivity index (χ1n) is 11.3. The second kappa shape index (κ2) is 11.4. The number of benzene rings is 2. The monoisotopic (exact) mass is 434 g/mol. The highest BCUT2D eigenvalue weighted by Gasteiger charge is 2.28. The number of hydrogen-bond acceptors (Lipinski definition) is 5. The Hall–Kier alpha value is -3.19. The lowest BCUT2D eigenvalue weighted by atomic mass is 9.98. The molecule has 1 N–H and O–H groups in total. The third-order valence-electron chi connectivity index (χ3n) is 5.66. The predicted octanol–water partition coefficient (Wildman–Crippen LogP) is 3.96. The summed E-state index contributed by atoms with van der Waals surface area (Å²) in [6.45, 7) is 3.08. The van der Waals surface area contributed by atoms with Gasteiger partial charge in [-0.15, -0.1) is 0 Å². The summed E-state index contributed by atoms with van der Waals surface area (Å²) in [6.07, 6.45) is 3.30. The second-order valence-electron chi connectivity index (χ2n) is 8.09. The lowest BCUT2D eigenvalue weighted by Crippen LogP contribution is -2.45. The molecule has 168 valence electrons. The molecule has 1 aliphatic rings. The molecule has 3 aromatic rings. The lowest BCUT2D eigenvalue weighted by Gasteiger charge is -2.31. The van der Waals surface area contributed by atoms with Gasteiger partial charge < -0.3 is 19.5 Å². The van der Waals surface area contributed by atoms with Crippen LogP contribution < -0.4 is 5.32 Å². The Morgan fingerprint density at radius 2 is 1.81 bits per heavy atom. The Kier molecular flexibility index (Phi) is 7.87. The van der Waals surface area contributed by atoms with Gasteiger partial charge in [0, 0.05) is 26.1 Å². The van der Waals surface area contributed by atoms with Gasteiger partial charge in [0.15, 0.2) is 5.82 Å². The number of amides is 2. The van der Waals surface area contributed by atoms with Crippen molar-refractivity contribution >= 4 is 6.03 Å². The summed E-state index contributed by atoms with van der Waals surface area (Å²) in [7, 11) is 0. The van der Waals surface area contributed by atoms with E-state index in [0.29, 0.717) is 44.4 Å². The van der Waals surface area contributed by atoms with E-state index < -0.39 is 0 Å². The highest BCUT2D eigenvalue weighted by atomic mass is 16.5.